The molecule has 0 radical (unpaired) electrons. The Labute approximate surface area is 134 Å². The van der Waals surface area contributed by atoms with Crippen molar-refractivity contribution in [3.05, 3.63) is 28.8 Å². The standard InChI is InChI=1S/C18H29ClN2/c1-4-21(16-8-6-5-7-9-16)17-11-10-15(18(19)12-17)13-20-14(2)3/h10-12,14,16,20H,4-9,13H2,1-3H3. The number of nitrogens with zero attached hydrogens (tertiary/aromatic N) is 1. The average Bonchev–Trinajstić information content (AvgIpc) is 2.48. The lowest BCUT2D eigenvalue weighted by Gasteiger charge is -2.35. The first-order chi connectivity index (χ1) is 10.1. The third kappa shape index (κ3) is 4.62. The number of rotatable bonds is 6. The van der Waals surface area contributed by atoms with Crippen molar-refractivity contribution in [3.63, 3.8) is 0 Å². The molecule has 2 rings (SSSR count). The lowest BCUT2D eigenvalue weighted by atomic mass is 9.93. The molecule has 0 atom stereocenters. The summed E-state index contributed by atoms with van der Waals surface area (Å²) in [7, 11) is 0. The van der Waals surface area contributed by atoms with Crippen molar-refractivity contribution in [1.29, 1.82) is 0 Å². The molecule has 0 aliphatic heterocycles. The summed E-state index contributed by atoms with van der Waals surface area (Å²) in [5.74, 6) is 0. The van der Waals surface area contributed by atoms with Crippen molar-refractivity contribution in [3.8, 4) is 0 Å². The van der Waals surface area contributed by atoms with Gasteiger partial charge in [0.1, 0.15) is 0 Å². The van der Waals surface area contributed by atoms with Gasteiger partial charge >= 0.3 is 0 Å². The van der Waals surface area contributed by atoms with Crippen LogP contribution in [0.25, 0.3) is 0 Å². The highest BCUT2D eigenvalue weighted by molar-refractivity contribution is 6.31. The predicted molar refractivity (Wildman–Crippen MR) is 93.3 cm³/mol. The van der Waals surface area contributed by atoms with Gasteiger partial charge in [0.2, 0.25) is 0 Å². The number of benzene rings is 1. The van der Waals surface area contributed by atoms with Gasteiger partial charge in [-0.25, -0.2) is 0 Å². The van der Waals surface area contributed by atoms with Crippen LogP contribution in [0.3, 0.4) is 0 Å². The maximum Gasteiger partial charge on any atom is 0.0471 e. The summed E-state index contributed by atoms with van der Waals surface area (Å²) in [6.45, 7) is 8.46. The van der Waals surface area contributed by atoms with Crippen LogP contribution in [0.4, 0.5) is 5.69 Å². The molecule has 0 heterocycles. The van der Waals surface area contributed by atoms with Gasteiger partial charge in [0.25, 0.3) is 0 Å². The molecule has 0 aromatic heterocycles. The fourth-order valence-electron chi connectivity index (χ4n) is 3.22. The SMILES string of the molecule is CCN(c1ccc(CNC(C)C)c(Cl)c1)C1CCCCC1. The van der Waals surface area contributed by atoms with E-state index in [2.05, 4.69) is 49.2 Å². The highest BCUT2D eigenvalue weighted by atomic mass is 35.5. The smallest absolute Gasteiger partial charge is 0.0471 e. The molecular formula is C18H29ClN2. The molecule has 21 heavy (non-hydrogen) atoms. The summed E-state index contributed by atoms with van der Waals surface area (Å²) in [5.41, 5.74) is 2.47. The molecule has 3 heteroatoms. The first-order valence-electron chi connectivity index (χ1n) is 8.40. The normalized spacial score (nSPS) is 16.4. The van der Waals surface area contributed by atoms with Crippen molar-refractivity contribution in [2.75, 3.05) is 11.4 Å². The zero-order valence-electron chi connectivity index (χ0n) is 13.7. The Morgan fingerprint density at radius 2 is 1.95 bits per heavy atom. The zero-order chi connectivity index (χ0) is 15.2. The molecular weight excluding hydrogens is 280 g/mol. The Kier molecular flexibility index (Phi) is 6.38. The van der Waals surface area contributed by atoms with E-state index in [1.165, 1.54) is 43.4 Å². The molecule has 1 N–H and O–H groups in total. The summed E-state index contributed by atoms with van der Waals surface area (Å²) in [6.07, 6.45) is 6.77. The summed E-state index contributed by atoms with van der Waals surface area (Å²) in [6, 6.07) is 7.74. The first-order valence-corrected chi connectivity index (χ1v) is 8.78. The van der Waals surface area contributed by atoms with Crippen LogP contribution >= 0.6 is 11.6 Å². The first kappa shape index (κ1) is 16.6. The van der Waals surface area contributed by atoms with Crippen molar-refractivity contribution >= 4 is 17.3 Å². The number of halogens is 1. The van der Waals surface area contributed by atoms with E-state index in [-0.39, 0.29) is 0 Å². The van der Waals surface area contributed by atoms with Crippen molar-refractivity contribution < 1.29 is 0 Å². The second kappa shape index (κ2) is 8.05. The van der Waals surface area contributed by atoms with Gasteiger partial charge in [-0.1, -0.05) is 50.8 Å². The van der Waals surface area contributed by atoms with Crippen LogP contribution in [0.5, 0.6) is 0 Å². The topological polar surface area (TPSA) is 15.3 Å². The van der Waals surface area contributed by atoms with Gasteiger partial charge in [0.05, 0.1) is 0 Å². The van der Waals surface area contributed by atoms with E-state index >= 15 is 0 Å². The molecule has 1 aliphatic carbocycles. The van der Waals surface area contributed by atoms with Crippen LogP contribution in [-0.4, -0.2) is 18.6 Å². The monoisotopic (exact) mass is 308 g/mol. The van der Waals surface area contributed by atoms with E-state index in [9.17, 15) is 0 Å². The molecule has 1 aliphatic rings. The van der Waals surface area contributed by atoms with E-state index in [0.29, 0.717) is 12.1 Å². The van der Waals surface area contributed by atoms with E-state index < -0.39 is 0 Å². The minimum Gasteiger partial charge on any atom is -0.369 e. The van der Waals surface area contributed by atoms with Gasteiger partial charge in [-0.05, 0) is 37.5 Å². The minimum absolute atomic E-state index is 0.482. The average molecular weight is 309 g/mol. The Morgan fingerprint density at radius 1 is 1.24 bits per heavy atom. The highest BCUT2D eigenvalue weighted by Gasteiger charge is 2.20. The lowest BCUT2D eigenvalue weighted by molar-refractivity contribution is 0.418. The van der Waals surface area contributed by atoms with E-state index in [0.717, 1.165) is 18.1 Å². The Balaban J connectivity index is 2.09. The van der Waals surface area contributed by atoms with Crippen LogP contribution in [0.15, 0.2) is 18.2 Å². The van der Waals surface area contributed by atoms with Gasteiger partial charge < -0.3 is 10.2 Å². The number of anilines is 1. The fraction of sp³-hybridized carbons (Fsp3) is 0.667. The van der Waals surface area contributed by atoms with Crippen LogP contribution in [0.2, 0.25) is 5.02 Å². The molecule has 0 unspecified atom stereocenters. The Morgan fingerprint density at radius 3 is 2.52 bits per heavy atom. The maximum absolute atomic E-state index is 6.49. The van der Waals surface area contributed by atoms with Gasteiger partial charge in [0.15, 0.2) is 0 Å². The number of nitrogens with one attached hydrogen (secondary N) is 1. The molecule has 2 nitrogen and oxygen atoms in total. The van der Waals surface area contributed by atoms with Gasteiger partial charge in [0, 0.05) is 35.9 Å². The fourth-order valence-corrected chi connectivity index (χ4v) is 3.46. The maximum atomic E-state index is 6.49. The zero-order valence-corrected chi connectivity index (χ0v) is 14.4. The molecule has 1 fully saturated rings. The minimum atomic E-state index is 0.482. The molecule has 1 aromatic carbocycles. The third-order valence-electron chi connectivity index (χ3n) is 4.43. The Hall–Kier alpha value is -0.730. The Bertz CT molecular complexity index is 439. The predicted octanol–water partition coefficient (Wildman–Crippen LogP) is 5.00. The van der Waals surface area contributed by atoms with E-state index in [1.54, 1.807) is 0 Å². The summed E-state index contributed by atoms with van der Waals surface area (Å²) < 4.78 is 0. The van der Waals surface area contributed by atoms with Crippen molar-refractivity contribution in [2.45, 2.75) is 71.5 Å². The van der Waals surface area contributed by atoms with Crippen LogP contribution < -0.4 is 10.2 Å². The molecule has 1 aromatic rings. The highest BCUT2D eigenvalue weighted by Crippen LogP contribution is 2.30. The van der Waals surface area contributed by atoms with E-state index in [4.69, 9.17) is 11.6 Å². The molecule has 0 saturated heterocycles. The number of hydrogen-bond acceptors (Lipinski definition) is 2. The van der Waals surface area contributed by atoms with Crippen LogP contribution in [-0.2, 0) is 6.54 Å². The molecule has 0 spiro atoms. The largest absolute Gasteiger partial charge is 0.369 e. The van der Waals surface area contributed by atoms with Gasteiger partial charge in [-0.15, -0.1) is 0 Å². The summed E-state index contributed by atoms with van der Waals surface area (Å²) in [5, 5.41) is 4.31. The molecule has 118 valence electrons. The van der Waals surface area contributed by atoms with Crippen molar-refractivity contribution in [1.82, 2.24) is 5.32 Å². The van der Waals surface area contributed by atoms with Crippen molar-refractivity contribution in [2.24, 2.45) is 0 Å². The van der Waals surface area contributed by atoms with E-state index in [1.807, 2.05) is 0 Å². The second-order valence-electron chi connectivity index (χ2n) is 6.39. The third-order valence-corrected chi connectivity index (χ3v) is 4.78. The lowest BCUT2D eigenvalue weighted by Crippen LogP contribution is -2.36. The molecule has 1 saturated carbocycles. The molecule has 0 amide bonds. The number of hydrogen-bond donors (Lipinski definition) is 1. The quantitative estimate of drug-likeness (QED) is 0.796. The second-order valence-corrected chi connectivity index (χ2v) is 6.80. The summed E-state index contributed by atoms with van der Waals surface area (Å²) >= 11 is 6.49. The summed E-state index contributed by atoms with van der Waals surface area (Å²) in [4.78, 5) is 2.53. The van der Waals surface area contributed by atoms with Gasteiger partial charge in [-0.3, -0.25) is 0 Å². The molecule has 0 bridgehead atoms. The van der Waals surface area contributed by atoms with Crippen LogP contribution in [0.1, 0.15) is 58.4 Å². The van der Waals surface area contributed by atoms with Crippen LogP contribution in [0, 0.1) is 0 Å². The van der Waals surface area contributed by atoms with Gasteiger partial charge in [-0.2, -0.15) is 0 Å².